The van der Waals surface area contributed by atoms with Crippen molar-refractivity contribution in [1.82, 2.24) is 0 Å². The average Bonchev–Trinajstić information content (AvgIpc) is 3.15. The van der Waals surface area contributed by atoms with Crippen LogP contribution in [0.3, 0.4) is 0 Å². The molecule has 0 saturated heterocycles. The minimum atomic E-state index is 0.0510. The number of furan rings is 1. The molecule has 0 amide bonds. The smallest absolute Gasteiger partial charge is 0.200 e. The highest BCUT2D eigenvalue weighted by Crippen LogP contribution is 2.40. The van der Waals surface area contributed by atoms with E-state index >= 15 is 0 Å². The Bertz CT molecular complexity index is 923. The normalized spacial score (nSPS) is 15.2. The van der Waals surface area contributed by atoms with Gasteiger partial charge < -0.3 is 4.42 Å². The van der Waals surface area contributed by atoms with Crippen molar-refractivity contribution in [3.8, 4) is 11.3 Å². The highest BCUT2D eigenvalue weighted by molar-refractivity contribution is 8.04. The van der Waals surface area contributed by atoms with Crippen molar-refractivity contribution < 1.29 is 9.21 Å². The molecule has 0 spiro atoms. The highest BCUT2D eigenvalue weighted by Gasteiger charge is 2.25. The first-order valence-corrected chi connectivity index (χ1v) is 8.29. The van der Waals surface area contributed by atoms with E-state index in [1.54, 1.807) is 6.08 Å². The van der Waals surface area contributed by atoms with Gasteiger partial charge in [0.1, 0.15) is 11.5 Å². The molecular weight excluding hydrogens is 328 g/mol. The van der Waals surface area contributed by atoms with Crippen molar-refractivity contribution >= 4 is 35.2 Å². The van der Waals surface area contributed by atoms with Crippen molar-refractivity contribution in [1.29, 1.82) is 0 Å². The number of rotatable bonds is 2. The Morgan fingerprint density at radius 2 is 1.74 bits per heavy atom. The third-order valence-corrected chi connectivity index (χ3v) is 4.96. The maximum absolute atomic E-state index is 12.4. The third kappa shape index (κ3) is 2.74. The van der Waals surface area contributed by atoms with E-state index < -0.39 is 0 Å². The minimum absolute atomic E-state index is 0.0510. The number of carbonyl (C=O) groups excluding carboxylic acids is 1. The number of halogens is 1. The Balaban J connectivity index is 1.64. The van der Waals surface area contributed by atoms with Crippen LogP contribution in [0.15, 0.2) is 74.9 Å². The van der Waals surface area contributed by atoms with E-state index in [0.29, 0.717) is 15.7 Å². The largest absolute Gasteiger partial charge is 0.457 e. The summed E-state index contributed by atoms with van der Waals surface area (Å²) in [5.41, 5.74) is 1.71. The Labute approximate surface area is 142 Å². The number of Topliss-reactive ketones (excluding diaryl/α,β-unsaturated/α-hetero) is 1. The van der Waals surface area contributed by atoms with Gasteiger partial charge in [0.05, 0.1) is 4.91 Å². The van der Waals surface area contributed by atoms with Gasteiger partial charge in [0, 0.05) is 21.0 Å². The van der Waals surface area contributed by atoms with Crippen LogP contribution in [0.2, 0.25) is 5.02 Å². The topological polar surface area (TPSA) is 30.2 Å². The summed E-state index contributed by atoms with van der Waals surface area (Å²) in [6.07, 6.45) is 1.80. The van der Waals surface area contributed by atoms with Crippen LogP contribution in [0, 0.1) is 0 Å². The zero-order valence-electron chi connectivity index (χ0n) is 12.0. The summed E-state index contributed by atoms with van der Waals surface area (Å²) in [5, 5.41) is 0.688. The predicted octanol–water partition coefficient (Wildman–Crippen LogP) is 5.93. The van der Waals surface area contributed by atoms with Gasteiger partial charge in [0.15, 0.2) is 0 Å². The van der Waals surface area contributed by atoms with E-state index in [4.69, 9.17) is 16.0 Å². The SMILES string of the molecule is O=C1/C(=C/c2ccc(-c3ccc(Cl)cc3)o2)Sc2ccccc21. The Hall–Kier alpha value is -2.23. The van der Waals surface area contributed by atoms with Crippen molar-refractivity contribution in [3.63, 3.8) is 0 Å². The first-order valence-electron chi connectivity index (χ1n) is 7.10. The number of thioether (sulfide) groups is 1. The molecule has 0 fully saturated rings. The van der Waals surface area contributed by atoms with Crippen molar-refractivity contribution in [2.24, 2.45) is 0 Å². The van der Waals surface area contributed by atoms with Crippen LogP contribution >= 0.6 is 23.4 Å². The molecule has 0 atom stereocenters. The van der Waals surface area contributed by atoms with E-state index in [1.165, 1.54) is 11.8 Å². The quantitative estimate of drug-likeness (QED) is 0.542. The molecule has 4 heteroatoms. The van der Waals surface area contributed by atoms with E-state index in [-0.39, 0.29) is 5.78 Å². The molecule has 2 nitrogen and oxygen atoms in total. The fraction of sp³-hybridized carbons (Fsp3) is 0. The highest BCUT2D eigenvalue weighted by atomic mass is 35.5. The minimum Gasteiger partial charge on any atom is -0.457 e. The van der Waals surface area contributed by atoms with Gasteiger partial charge in [-0.3, -0.25) is 4.79 Å². The molecule has 1 aliphatic heterocycles. The summed E-state index contributed by atoms with van der Waals surface area (Å²) < 4.78 is 5.83. The molecule has 2 aromatic carbocycles. The third-order valence-electron chi connectivity index (χ3n) is 3.60. The van der Waals surface area contributed by atoms with E-state index in [0.717, 1.165) is 21.8 Å². The van der Waals surface area contributed by atoms with Crippen LogP contribution in [0.1, 0.15) is 16.1 Å². The molecule has 1 aromatic heterocycles. The molecule has 23 heavy (non-hydrogen) atoms. The number of carbonyl (C=O) groups is 1. The second-order valence-corrected chi connectivity index (χ2v) is 6.67. The number of hydrogen-bond donors (Lipinski definition) is 0. The summed E-state index contributed by atoms with van der Waals surface area (Å²) in [5.74, 6) is 1.47. The van der Waals surface area contributed by atoms with Gasteiger partial charge >= 0.3 is 0 Å². The lowest BCUT2D eigenvalue weighted by atomic mass is 10.1. The first kappa shape index (κ1) is 14.4. The summed E-state index contributed by atoms with van der Waals surface area (Å²) in [4.78, 5) is 14.0. The van der Waals surface area contributed by atoms with E-state index in [1.807, 2.05) is 60.7 Å². The summed E-state index contributed by atoms with van der Waals surface area (Å²) in [7, 11) is 0. The standard InChI is InChI=1S/C19H11ClO2S/c20-13-7-5-12(6-8-13)16-10-9-14(22-16)11-18-19(21)15-3-1-2-4-17(15)23-18/h1-11H/b18-11-. The molecule has 1 aliphatic rings. The average molecular weight is 339 g/mol. The molecule has 4 rings (SSSR count). The Kier molecular flexibility index (Phi) is 3.60. The maximum atomic E-state index is 12.4. The van der Waals surface area contributed by atoms with Crippen molar-refractivity contribution in [2.75, 3.05) is 0 Å². The van der Waals surface area contributed by atoms with Gasteiger partial charge in [-0.2, -0.15) is 0 Å². The molecule has 0 radical (unpaired) electrons. The number of ketones is 1. The number of benzene rings is 2. The zero-order chi connectivity index (χ0) is 15.8. The lowest BCUT2D eigenvalue weighted by Crippen LogP contribution is -1.93. The lowest BCUT2D eigenvalue weighted by molar-refractivity contribution is 0.104. The van der Waals surface area contributed by atoms with Crippen LogP contribution in [0.5, 0.6) is 0 Å². The molecule has 112 valence electrons. The number of fused-ring (bicyclic) bond motifs is 1. The first-order chi connectivity index (χ1) is 11.2. The molecule has 0 bridgehead atoms. The Morgan fingerprint density at radius 3 is 2.52 bits per heavy atom. The van der Waals surface area contributed by atoms with Crippen LogP contribution in [0.4, 0.5) is 0 Å². The number of hydrogen-bond acceptors (Lipinski definition) is 3. The second-order valence-electron chi connectivity index (χ2n) is 5.14. The summed E-state index contributed by atoms with van der Waals surface area (Å²) in [6.45, 7) is 0. The van der Waals surface area contributed by atoms with Gasteiger partial charge in [0.2, 0.25) is 5.78 Å². The van der Waals surface area contributed by atoms with Gasteiger partial charge in [-0.15, -0.1) is 0 Å². The van der Waals surface area contributed by atoms with Gasteiger partial charge in [-0.05, 0) is 54.6 Å². The molecule has 3 aromatic rings. The second kappa shape index (κ2) is 5.76. The predicted molar refractivity (Wildman–Crippen MR) is 93.8 cm³/mol. The number of allylic oxidation sites excluding steroid dienone is 1. The monoisotopic (exact) mass is 338 g/mol. The Morgan fingerprint density at radius 1 is 0.957 bits per heavy atom. The molecule has 2 heterocycles. The van der Waals surface area contributed by atoms with Gasteiger partial charge in [-0.25, -0.2) is 0 Å². The van der Waals surface area contributed by atoms with Crippen molar-refractivity contribution in [2.45, 2.75) is 4.90 Å². The molecule has 0 aliphatic carbocycles. The van der Waals surface area contributed by atoms with Crippen LogP contribution in [-0.4, -0.2) is 5.78 Å². The van der Waals surface area contributed by atoms with Crippen LogP contribution in [0.25, 0.3) is 17.4 Å². The zero-order valence-corrected chi connectivity index (χ0v) is 13.5. The van der Waals surface area contributed by atoms with Gasteiger partial charge in [0.25, 0.3) is 0 Å². The van der Waals surface area contributed by atoms with Crippen molar-refractivity contribution in [3.05, 3.63) is 81.9 Å². The maximum Gasteiger partial charge on any atom is 0.200 e. The van der Waals surface area contributed by atoms with E-state index in [2.05, 4.69) is 0 Å². The fourth-order valence-electron chi connectivity index (χ4n) is 2.46. The fourth-order valence-corrected chi connectivity index (χ4v) is 3.62. The lowest BCUT2D eigenvalue weighted by Gasteiger charge is -1.97. The van der Waals surface area contributed by atoms with E-state index in [9.17, 15) is 4.79 Å². The van der Waals surface area contributed by atoms with Crippen LogP contribution in [-0.2, 0) is 0 Å². The molecule has 0 unspecified atom stereocenters. The molecule has 0 N–H and O–H groups in total. The summed E-state index contributed by atoms with van der Waals surface area (Å²) >= 11 is 7.38. The summed E-state index contributed by atoms with van der Waals surface area (Å²) in [6, 6.07) is 18.9. The van der Waals surface area contributed by atoms with Gasteiger partial charge in [-0.1, -0.05) is 35.5 Å². The molecular formula is C19H11ClO2S. The molecule has 0 saturated carbocycles. The van der Waals surface area contributed by atoms with Crippen LogP contribution < -0.4 is 0 Å².